The third kappa shape index (κ3) is 4.11. The van der Waals surface area contributed by atoms with E-state index in [2.05, 4.69) is 16.3 Å². The number of anilines is 1. The van der Waals surface area contributed by atoms with E-state index in [1.165, 1.54) is 0 Å². The van der Waals surface area contributed by atoms with Crippen LogP contribution in [0.2, 0.25) is 0 Å². The minimum atomic E-state index is 0.184. The van der Waals surface area contributed by atoms with Crippen molar-refractivity contribution in [3.63, 3.8) is 0 Å². The molecule has 1 aliphatic rings. The molecule has 1 aromatic carbocycles. The zero-order valence-electron chi connectivity index (χ0n) is 13.1. The summed E-state index contributed by atoms with van der Waals surface area (Å²) in [5, 5.41) is 3.18. The highest BCUT2D eigenvalue weighted by molar-refractivity contribution is 5.78. The molecular formula is C16H25N3O2. The summed E-state index contributed by atoms with van der Waals surface area (Å²) in [4.78, 5) is 16.3. The van der Waals surface area contributed by atoms with Gasteiger partial charge in [-0.15, -0.1) is 0 Å². The Morgan fingerprint density at radius 3 is 2.52 bits per heavy atom. The molecule has 21 heavy (non-hydrogen) atoms. The third-order valence-corrected chi connectivity index (χ3v) is 3.72. The lowest BCUT2D eigenvalue weighted by atomic mass is 10.2. The Bertz CT molecular complexity index is 468. The molecule has 0 aliphatic carbocycles. The monoisotopic (exact) mass is 291 g/mol. The molecule has 2 rings (SSSR count). The van der Waals surface area contributed by atoms with E-state index in [1.807, 2.05) is 36.9 Å². The highest BCUT2D eigenvalue weighted by atomic mass is 16.5. The average molecular weight is 291 g/mol. The molecule has 0 saturated carbocycles. The molecule has 1 aliphatic heterocycles. The van der Waals surface area contributed by atoms with Crippen LogP contribution >= 0.6 is 0 Å². The first-order valence-electron chi connectivity index (χ1n) is 7.51. The van der Waals surface area contributed by atoms with Crippen LogP contribution in [0.5, 0.6) is 5.75 Å². The summed E-state index contributed by atoms with van der Waals surface area (Å²) in [6.45, 7) is 7.72. The molecule has 1 N–H and O–H groups in total. The zero-order chi connectivity index (χ0) is 15.2. The summed E-state index contributed by atoms with van der Waals surface area (Å²) in [7, 11) is 1.69. The number of nitrogens with one attached hydrogen (secondary N) is 1. The number of carbonyl (C=O) groups excluding carboxylic acids is 1. The Balaban J connectivity index is 1.89. The number of rotatable bonds is 5. The van der Waals surface area contributed by atoms with Crippen LogP contribution in [0.3, 0.4) is 0 Å². The topological polar surface area (TPSA) is 44.8 Å². The number of hydrogen-bond donors (Lipinski definition) is 1. The summed E-state index contributed by atoms with van der Waals surface area (Å²) < 4.78 is 5.41. The van der Waals surface area contributed by atoms with Crippen molar-refractivity contribution in [3.05, 3.63) is 24.3 Å². The Hall–Kier alpha value is -1.75. The summed E-state index contributed by atoms with van der Waals surface area (Å²) >= 11 is 0. The van der Waals surface area contributed by atoms with Crippen LogP contribution in [0.1, 0.15) is 13.8 Å². The van der Waals surface area contributed by atoms with Gasteiger partial charge in [0, 0.05) is 32.2 Å². The predicted molar refractivity (Wildman–Crippen MR) is 84.9 cm³/mol. The maximum absolute atomic E-state index is 12.1. The van der Waals surface area contributed by atoms with Gasteiger partial charge in [0.25, 0.3) is 0 Å². The van der Waals surface area contributed by atoms with E-state index in [1.54, 1.807) is 7.11 Å². The van der Waals surface area contributed by atoms with E-state index in [0.717, 1.165) is 37.6 Å². The lowest BCUT2D eigenvalue weighted by Crippen LogP contribution is -2.51. The van der Waals surface area contributed by atoms with Crippen molar-refractivity contribution in [1.29, 1.82) is 0 Å². The number of hydrogen-bond acceptors (Lipinski definition) is 4. The molecule has 1 fully saturated rings. The zero-order valence-corrected chi connectivity index (χ0v) is 13.1. The van der Waals surface area contributed by atoms with Gasteiger partial charge in [0.15, 0.2) is 0 Å². The standard InChI is InChI=1S/C16H25N3O2/c1-13(2)17-12-16(20)19-10-8-18(9-11-19)14-6-4-5-7-15(14)21-3/h4-7,13,17H,8-12H2,1-3H3. The SMILES string of the molecule is COc1ccccc1N1CCN(C(=O)CNC(C)C)CC1. The molecule has 116 valence electrons. The van der Waals surface area contributed by atoms with E-state index in [9.17, 15) is 4.79 Å². The van der Waals surface area contributed by atoms with Gasteiger partial charge in [-0.1, -0.05) is 26.0 Å². The van der Waals surface area contributed by atoms with Gasteiger partial charge in [-0.05, 0) is 12.1 Å². The number of benzene rings is 1. The first kappa shape index (κ1) is 15.6. The van der Waals surface area contributed by atoms with Crippen LogP contribution in [-0.4, -0.2) is 56.7 Å². The Morgan fingerprint density at radius 2 is 1.90 bits per heavy atom. The van der Waals surface area contributed by atoms with E-state index in [4.69, 9.17) is 4.74 Å². The second-order valence-corrected chi connectivity index (χ2v) is 5.58. The van der Waals surface area contributed by atoms with Crippen molar-refractivity contribution >= 4 is 11.6 Å². The van der Waals surface area contributed by atoms with Crippen molar-refractivity contribution in [2.45, 2.75) is 19.9 Å². The molecule has 0 spiro atoms. The van der Waals surface area contributed by atoms with Gasteiger partial charge in [-0.25, -0.2) is 0 Å². The van der Waals surface area contributed by atoms with Crippen LogP contribution in [-0.2, 0) is 4.79 Å². The number of nitrogens with zero attached hydrogens (tertiary/aromatic N) is 2. The van der Waals surface area contributed by atoms with Crippen molar-refractivity contribution in [3.8, 4) is 5.75 Å². The predicted octanol–water partition coefficient (Wildman–Crippen LogP) is 1.34. The van der Waals surface area contributed by atoms with Crippen LogP contribution < -0.4 is 15.0 Å². The molecule has 1 amide bonds. The molecule has 1 saturated heterocycles. The van der Waals surface area contributed by atoms with Gasteiger partial charge < -0.3 is 19.9 Å². The van der Waals surface area contributed by atoms with Crippen molar-refractivity contribution in [2.75, 3.05) is 44.7 Å². The lowest BCUT2D eigenvalue weighted by Gasteiger charge is -2.36. The second kappa shape index (κ2) is 7.31. The molecule has 5 nitrogen and oxygen atoms in total. The Morgan fingerprint density at radius 1 is 1.24 bits per heavy atom. The number of para-hydroxylation sites is 2. The molecule has 1 aromatic rings. The van der Waals surface area contributed by atoms with Gasteiger partial charge in [0.2, 0.25) is 5.91 Å². The third-order valence-electron chi connectivity index (χ3n) is 3.72. The molecule has 0 radical (unpaired) electrons. The average Bonchev–Trinajstić information content (AvgIpc) is 2.52. The second-order valence-electron chi connectivity index (χ2n) is 5.58. The van der Waals surface area contributed by atoms with Crippen molar-refractivity contribution < 1.29 is 9.53 Å². The van der Waals surface area contributed by atoms with Crippen LogP contribution in [0, 0.1) is 0 Å². The van der Waals surface area contributed by atoms with Crippen LogP contribution in [0.4, 0.5) is 5.69 Å². The quantitative estimate of drug-likeness (QED) is 0.889. The van der Waals surface area contributed by atoms with Crippen molar-refractivity contribution in [2.24, 2.45) is 0 Å². The van der Waals surface area contributed by atoms with Crippen molar-refractivity contribution in [1.82, 2.24) is 10.2 Å². The van der Waals surface area contributed by atoms with Crippen LogP contribution in [0.25, 0.3) is 0 Å². The largest absolute Gasteiger partial charge is 0.495 e. The molecule has 0 atom stereocenters. The fourth-order valence-corrected chi connectivity index (χ4v) is 2.49. The maximum atomic E-state index is 12.1. The summed E-state index contributed by atoms with van der Waals surface area (Å²) in [6, 6.07) is 8.36. The molecule has 0 bridgehead atoms. The van der Waals surface area contributed by atoms with Gasteiger partial charge in [0.1, 0.15) is 5.75 Å². The van der Waals surface area contributed by atoms with Gasteiger partial charge in [0.05, 0.1) is 19.3 Å². The fourth-order valence-electron chi connectivity index (χ4n) is 2.49. The molecule has 1 heterocycles. The number of carbonyl (C=O) groups is 1. The number of ether oxygens (including phenoxy) is 1. The van der Waals surface area contributed by atoms with E-state index in [0.29, 0.717) is 12.6 Å². The van der Waals surface area contributed by atoms with Gasteiger partial charge in [-0.2, -0.15) is 0 Å². The lowest BCUT2D eigenvalue weighted by molar-refractivity contribution is -0.130. The smallest absolute Gasteiger partial charge is 0.236 e. The normalized spacial score (nSPS) is 15.4. The van der Waals surface area contributed by atoms with Crippen LogP contribution in [0.15, 0.2) is 24.3 Å². The Kier molecular flexibility index (Phi) is 5.44. The fraction of sp³-hybridized carbons (Fsp3) is 0.562. The molecule has 5 heteroatoms. The number of amides is 1. The summed E-state index contributed by atoms with van der Waals surface area (Å²) in [5.41, 5.74) is 1.10. The minimum absolute atomic E-state index is 0.184. The van der Waals surface area contributed by atoms with E-state index < -0.39 is 0 Å². The number of methoxy groups -OCH3 is 1. The van der Waals surface area contributed by atoms with E-state index in [-0.39, 0.29) is 5.91 Å². The van der Waals surface area contributed by atoms with Gasteiger partial charge >= 0.3 is 0 Å². The first-order chi connectivity index (χ1) is 10.1. The molecule has 0 unspecified atom stereocenters. The molecular weight excluding hydrogens is 266 g/mol. The van der Waals surface area contributed by atoms with Gasteiger partial charge in [-0.3, -0.25) is 4.79 Å². The summed E-state index contributed by atoms with van der Waals surface area (Å²) in [6.07, 6.45) is 0. The summed E-state index contributed by atoms with van der Waals surface area (Å²) in [5.74, 6) is 1.07. The Labute approximate surface area is 126 Å². The molecule has 0 aromatic heterocycles. The minimum Gasteiger partial charge on any atom is -0.495 e. The highest BCUT2D eigenvalue weighted by Gasteiger charge is 2.22. The first-order valence-corrected chi connectivity index (χ1v) is 7.51. The van der Waals surface area contributed by atoms with E-state index >= 15 is 0 Å². The highest BCUT2D eigenvalue weighted by Crippen LogP contribution is 2.28. The number of piperazine rings is 1. The maximum Gasteiger partial charge on any atom is 0.236 e.